The molecule has 0 unspecified atom stereocenters. The Labute approximate surface area is 122 Å². The number of nitrogens with zero attached hydrogens (tertiary/aromatic N) is 2. The number of hydrogen-bond acceptors (Lipinski definition) is 4. The number of aryl methyl sites for hydroxylation is 2. The number of amidine groups is 1. The summed E-state index contributed by atoms with van der Waals surface area (Å²) in [7, 11) is 0. The molecule has 0 aliphatic carbocycles. The van der Waals surface area contributed by atoms with Gasteiger partial charge in [-0.05, 0) is 38.1 Å². The first-order valence-corrected chi connectivity index (χ1v) is 6.35. The maximum atomic E-state index is 12.3. The third kappa shape index (κ3) is 3.17. The number of nitrogens with two attached hydrogens (primary N) is 1. The van der Waals surface area contributed by atoms with Crippen LogP contribution in [0.5, 0.6) is 0 Å². The number of carbonyl (C=O) groups excluding carboxylic acids is 1. The maximum Gasteiger partial charge on any atom is 0.257 e. The smallest absolute Gasteiger partial charge is 0.257 e. The van der Waals surface area contributed by atoms with E-state index >= 15 is 0 Å². The van der Waals surface area contributed by atoms with E-state index in [2.05, 4.69) is 15.5 Å². The molecular weight excluding hydrogens is 268 g/mol. The van der Waals surface area contributed by atoms with Crippen LogP contribution in [0, 0.1) is 13.8 Å². The summed E-state index contributed by atoms with van der Waals surface area (Å²) in [5.74, 6) is -0.358. The lowest BCUT2D eigenvalue weighted by Crippen LogP contribution is -2.20. The number of aromatic nitrogens is 1. The Morgan fingerprint density at radius 1 is 1.19 bits per heavy atom. The summed E-state index contributed by atoms with van der Waals surface area (Å²) in [6, 6.07) is 10.3. The Morgan fingerprint density at radius 3 is 2.57 bits per heavy atom. The fourth-order valence-electron chi connectivity index (χ4n) is 1.99. The van der Waals surface area contributed by atoms with Crippen molar-refractivity contribution in [1.82, 2.24) is 4.98 Å². The van der Waals surface area contributed by atoms with Gasteiger partial charge in [-0.1, -0.05) is 17.3 Å². The van der Waals surface area contributed by atoms with E-state index in [1.807, 2.05) is 6.92 Å². The summed E-state index contributed by atoms with van der Waals surface area (Å²) in [5, 5.41) is 14.5. The number of amides is 1. The summed E-state index contributed by atoms with van der Waals surface area (Å²) >= 11 is 0. The topological polar surface area (TPSA) is 101 Å². The molecule has 1 aromatic carbocycles. The summed E-state index contributed by atoms with van der Waals surface area (Å²) in [6.07, 6.45) is 0. The zero-order chi connectivity index (χ0) is 15.4. The molecule has 2 aromatic rings. The number of carbonyl (C=O) groups is 1. The van der Waals surface area contributed by atoms with Crippen LogP contribution in [0.25, 0.3) is 0 Å². The molecule has 0 saturated carbocycles. The molecule has 0 aliphatic rings. The van der Waals surface area contributed by atoms with Gasteiger partial charge < -0.3 is 16.3 Å². The van der Waals surface area contributed by atoms with Crippen molar-refractivity contribution in [3.63, 3.8) is 0 Å². The van der Waals surface area contributed by atoms with Gasteiger partial charge in [-0.25, -0.2) is 0 Å². The third-order valence-corrected chi connectivity index (χ3v) is 3.03. The Bertz CT molecular complexity index is 711. The van der Waals surface area contributed by atoms with E-state index in [1.165, 1.54) is 0 Å². The number of rotatable bonds is 3. The quantitative estimate of drug-likeness (QED) is 0.347. The standard InChI is InChI=1S/C15H16N4O2/c1-9-7-8-11(10(2)17-9)15(20)18-13-6-4-3-5-12(13)14(16)19-21/h3-8,21H,1-2H3,(H2,16,19)(H,18,20). The van der Waals surface area contributed by atoms with E-state index < -0.39 is 0 Å². The summed E-state index contributed by atoms with van der Waals surface area (Å²) in [6.45, 7) is 3.64. The van der Waals surface area contributed by atoms with Gasteiger partial charge in [0.15, 0.2) is 5.84 Å². The molecule has 1 amide bonds. The van der Waals surface area contributed by atoms with Gasteiger partial charge in [0.2, 0.25) is 0 Å². The van der Waals surface area contributed by atoms with Crippen molar-refractivity contribution in [2.24, 2.45) is 10.9 Å². The van der Waals surface area contributed by atoms with Gasteiger partial charge in [0.1, 0.15) is 0 Å². The highest BCUT2D eigenvalue weighted by atomic mass is 16.4. The molecule has 108 valence electrons. The second-order valence-corrected chi connectivity index (χ2v) is 4.57. The Kier molecular flexibility index (Phi) is 4.18. The lowest BCUT2D eigenvalue weighted by atomic mass is 10.1. The second kappa shape index (κ2) is 6.04. The van der Waals surface area contributed by atoms with Crippen molar-refractivity contribution in [3.8, 4) is 0 Å². The van der Waals surface area contributed by atoms with E-state index in [1.54, 1.807) is 43.3 Å². The minimum atomic E-state index is -0.293. The van der Waals surface area contributed by atoms with Gasteiger partial charge in [0.25, 0.3) is 5.91 Å². The molecule has 1 heterocycles. The normalized spacial score (nSPS) is 11.2. The van der Waals surface area contributed by atoms with Gasteiger partial charge in [-0.2, -0.15) is 0 Å². The van der Waals surface area contributed by atoms with Gasteiger partial charge in [-0.15, -0.1) is 0 Å². The molecule has 21 heavy (non-hydrogen) atoms. The molecule has 0 fully saturated rings. The molecule has 0 atom stereocenters. The van der Waals surface area contributed by atoms with Gasteiger partial charge in [0, 0.05) is 11.3 Å². The molecular formula is C15H16N4O2. The first kappa shape index (κ1) is 14.5. The molecule has 0 aliphatic heterocycles. The van der Waals surface area contributed by atoms with Crippen molar-refractivity contribution in [2.45, 2.75) is 13.8 Å². The van der Waals surface area contributed by atoms with Crippen molar-refractivity contribution in [1.29, 1.82) is 0 Å². The van der Waals surface area contributed by atoms with Gasteiger partial charge in [-0.3, -0.25) is 9.78 Å². The molecule has 0 saturated heterocycles. The molecule has 0 bridgehead atoms. The Balaban J connectivity index is 2.32. The summed E-state index contributed by atoms with van der Waals surface area (Å²) in [5.41, 5.74) is 8.49. The van der Waals surface area contributed by atoms with Crippen LogP contribution in [-0.2, 0) is 0 Å². The van der Waals surface area contributed by atoms with Crippen LogP contribution in [-0.4, -0.2) is 21.9 Å². The zero-order valence-electron chi connectivity index (χ0n) is 11.8. The SMILES string of the molecule is Cc1ccc(C(=O)Nc2ccccc2C(N)=NO)c(C)n1. The molecule has 1 aromatic heterocycles. The predicted octanol–water partition coefficient (Wildman–Crippen LogP) is 2.05. The van der Waals surface area contributed by atoms with E-state index in [-0.39, 0.29) is 11.7 Å². The second-order valence-electron chi connectivity index (χ2n) is 4.57. The fraction of sp³-hybridized carbons (Fsp3) is 0.133. The molecule has 2 rings (SSSR count). The minimum absolute atomic E-state index is 0.0651. The molecule has 4 N–H and O–H groups in total. The molecule has 0 spiro atoms. The van der Waals surface area contributed by atoms with Crippen molar-refractivity contribution >= 4 is 17.4 Å². The van der Waals surface area contributed by atoms with Crippen LogP contribution in [0.15, 0.2) is 41.6 Å². The first-order chi connectivity index (χ1) is 10.0. The van der Waals surface area contributed by atoms with Crippen LogP contribution in [0.3, 0.4) is 0 Å². The highest BCUT2D eigenvalue weighted by Crippen LogP contribution is 2.17. The van der Waals surface area contributed by atoms with Crippen LogP contribution in [0.2, 0.25) is 0 Å². The van der Waals surface area contributed by atoms with Gasteiger partial charge in [0.05, 0.1) is 16.9 Å². The van der Waals surface area contributed by atoms with Crippen molar-refractivity contribution in [3.05, 3.63) is 58.9 Å². The summed E-state index contributed by atoms with van der Waals surface area (Å²) in [4.78, 5) is 16.6. The van der Waals surface area contributed by atoms with Crippen molar-refractivity contribution in [2.75, 3.05) is 5.32 Å². The lowest BCUT2D eigenvalue weighted by molar-refractivity contribution is 0.102. The Hall–Kier alpha value is -2.89. The first-order valence-electron chi connectivity index (χ1n) is 6.35. The minimum Gasteiger partial charge on any atom is -0.409 e. The lowest BCUT2D eigenvalue weighted by Gasteiger charge is -2.11. The third-order valence-electron chi connectivity index (χ3n) is 3.03. The largest absolute Gasteiger partial charge is 0.409 e. The van der Waals surface area contributed by atoms with Crippen LogP contribution < -0.4 is 11.1 Å². The number of hydrogen-bond donors (Lipinski definition) is 3. The van der Waals surface area contributed by atoms with E-state index in [4.69, 9.17) is 10.9 Å². The summed E-state index contributed by atoms with van der Waals surface area (Å²) < 4.78 is 0. The number of anilines is 1. The van der Waals surface area contributed by atoms with Crippen LogP contribution in [0.4, 0.5) is 5.69 Å². The fourth-order valence-corrected chi connectivity index (χ4v) is 1.99. The average Bonchev–Trinajstić information content (AvgIpc) is 2.46. The highest BCUT2D eigenvalue weighted by Gasteiger charge is 2.13. The number of pyridine rings is 1. The number of nitrogens with one attached hydrogen (secondary N) is 1. The van der Waals surface area contributed by atoms with E-state index in [0.29, 0.717) is 22.5 Å². The number of oxime groups is 1. The van der Waals surface area contributed by atoms with Crippen LogP contribution >= 0.6 is 0 Å². The average molecular weight is 284 g/mol. The number of benzene rings is 1. The van der Waals surface area contributed by atoms with E-state index in [0.717, 1.165) is 5.69 Å². The van der Waals surface area contributed by atoms with Gasteiger partial charge >= 0.3 is 0 Å². The van der Waals surface area contributed by atoms with Crippen LogP contribution in [0.1, 0.15) is 27.3 Å². The Morgan fingerprint density at radius 2 is 1.90 bits per heavy atom. The number of para-hydroxylation sites is 1. The molecule has 6 heteroatoms. The predicted molar refractivity (Wildman–Crippen MR) is 80.6 cm³/mol. The van der Waals surface area contributed by atoms with Crippen molar-refractivity contribution < 1.29 is 10.0 Å². The maximum absolute atomic E-state index is 12.3. The van der Waals surface area contributed by atoms with E-state index in [9.17, 15) is 4.79 Å². The molecule has 6 nitrogen and oxygen atoms in total. The zero-order valence-corrected chi connectivity index (χ0v) is 11.8. The molecule has 0 radical (unpaired) electrons. The highest BCUT2D eigenvalue weighted by molar-refractivity contribution is 6.10. The monoisotopic (exact) mass is 284 g/mol.